The first-order chi connectivity index (χ1) is 14.3. The molecule has 0 radical (unpaired) electrons. The summed E-state index contributed by atoms with van der Waals surface area (Å²) >= 11 is 6.69. The lowest BCUT2D eigenvalue weighted by Gasteiger charge is -2.16. The molecule has 156 valence electrons. The maximum atomic E-state index is 12.5. The van der Waals surface area contributed by atoms with Gasteiger partial charge in [0, 0.05) is 25.2 Å². The molecule has 2 heterocycles. The van der Waals surface area contributed by atoms with Crippen molar-refractivity contribution in [1.29, 1.82) is 0 Å². The molecule has 1 saturated heterocycles. The van der Waals surface area contributed by atoms with E-state index < -0.39 is 23.0 Å². The Morgan fingerprint density at radius 3 is 2.63 bits per heavy atom. The molecule has 1 aliphatic heterocycles. The minimum Gasteiger partial charge on any atom is -0.459 e. The SMILES string of the molecule is CN(CC(=O)NCCN1C(=O)S/C(=C/c2ccc(Cl)cc2)C1=O)C(=O)c1ccco1. The van der Waals surface area contributed by atoms with Crippen LogP contribution in [-0.4, -0.2) is 59.4 Å². The van der Waals surface area contributed by atoms with Crippen LogP contribution in [0, 0.1) is 0 Å². The average molecular weight is 448 g/mol. The monoisotopic (exact) mass is 447 g/mol. The molecule has 10 heteroatoms. The first kappa shape index (κ1) is 21.7. The molecule has 1 N–H and O–H groups in total. The van der Waals surface area contributed by atoms with E-state index in [9.17, 15) is 19.2 Å². The number of benzene rings is 1. The van der Waals surface area contributed by atoms with E-state index in [1.807, 2.05) is 0 Å². The smallest absolute Gasteiger partial charge is 0.293 e. The minimum atomic E-state index is -0.423. The van der Waals surface area contributed by atoms with Gasteiger partial charge in [-0.3, -0.25) is 24.1 Å². The molecule has 0 atom stereocenters. The second-order valence-corrected chi connectivity index (χ2v) is 7.80. The molecule has 0 aliphatic carbocycles. The van der Waals surface area contributed by atoms with E-state index in [1.54, 1.807) is 36.4 Å². The van der Waals surface area contributed by atoms with Crippen LogP contribution in [0.1, 0.15) is 16.1 Å². The summed E-state index contributed by atoms with van der Waals surface area (Å²) in [6.45, 7) is -0.0734. The predicted molar refractivity (Wildman–Crippen MR) is 113 cm³/mol. The lowest BCUT2D eigenvalue weighted by molar-refractivity contribution is -0.124. The average Bonchev–Trinajstić information content (AvgIpc) is 3.33. The molecule has 0 unspecified atom stereocenters. The Kier molecular flexibility index (Phi) is 6.96. The van der Waals surface area contributed by atoms with Gasteiger partial charge in [-0.1, -0.05) is 23.7 Å². The third-order valence-corrected chi connectivity index (χ3v) is 5.32. The number of carbonyl (C=O) groups excluding carboxylic acids is 4. The van der Waals surface area contributed by atoms with E-state index >= 15 is 0 Å². The normalized spacial score (nSPS) is 15.0. The van der Waals surface area contributed by atoms with Crippen LogP contribution in [0.4, 0.5) is 4.79 Å². The molecular formula is C20H18ClN3O5S. The molecule has 1 aromatic carbocycles. The zero-order chi connectivity index (χ0) is 21.7. The minimum absolute atomic E-state index is 0.0320. The highest BCUT2D eigenvalue weighted by Crippen LogP contribution is 2.32. The van der Waals surface area contributed by atoms with Crippen LogP contribution in [0.2, 0.25) is 5.02 Å². The molecule has 4 amide bonds. The zero-order valence-electron chi connectivity index (χ0n) is 16.0. The molecule has 3 rings (SSSR count). The molecule has 2 aromatic rings. The van der Waals surface area contributed by atoms with Crippen LogP contribution in [0.15, 0.2) is 52.0 Å². The molecule has 8 nitrogen and oxygen atoms in total. The van der Waals surface area contributed by atoms with Gasteiger partial charge in [0.2, 0.25) is 5.91 Å². The Hall–Kier alpha value is -3.04. The maximum absolute atomic E-state index is 12.5. The van der Waals surface area contributed by atoms with Gasteiger partial charge in [-0.25, -0.2) is 0 Å². The fourth-order valence-electron chi connectivity index (χ4n) is 2.64. The summed E-state index contributed by atoms with van der Waals surface area (Å²) in [5.74, 6) is -1.12. The summed E-state index contributed by atoms with van der Waals surface area (Å²) < 4.78 is 5.01. The third kappa shape index (κ3) is 5.31. The van der Waals surface area contributed by atoms with Gasteiger partial charge < -0.3 is 14.6 Å². The largest absolute Gasteiger partial charge is 0.459 e. The molecule has 1 fully saturated rings. The molecule has 1 aliphatic rings. The van der Waals surface area contributed by atoms with E-state index in [4.69, 9.17) is 16.0 Å². The second-order valence-electron chi connectivity index (χ2n) is 6.37. The van der Waals surface area contributed by atoms with Crippen LogP contribution in [0.5, 0.6) is 0 Å². The summed E-state index contributed by atoms with van der Waals surface area (Å²) in [7, 11) is 1.47. The Morgan fingerprint density at radius 2 is 1.97 bits per heavy atom. The number of carbonyl (C=O) groups is 4. The van der Waals surface area contributed by atoms with Gasteiger partial charge >= 0.3 is 0 Å². The van der Waals surface area contributed by atoms with Gasteiger partial charge in [-0.05, 0) is 47.7 Å². The Labute approximate surface area is 181 Å². The number of thioether (sulfide) groups is 1. The van der Waals surface area contributed by atoms with Crippen LogP contribution in [0.3, 0.4) is 0 Å². The highest BCUT2D eigenvalue weighted by molar-refractivity contribution is 8.18. The molecule has 0 spiro atoms. The number of nitrogens with zero attached hydrogens (tertiary/aromatic N) is 2. The zero-order valence-corrected chi connectivity index (χ0v) is 17.5. The van der Waals surface area contributed by atoms with Crippen molar-refractivity contribution in [2.75, 3.05) is 26.7 Å². The first-order valence-corrected chi connectivity index (χ1v) is 10.1. The lowest BCUT2D eigenvalue weighted by Crippen LogP contribution is -2.42. The van der Waals surface area contributed by atoms with E-state index in [-0.39, 0.29) is 25.4 Å². The first-order valence-electron chi connectivity index (χ1n) is 8.92. The van der Waals surface area contributed by atoms with Crippen LogP contribution in [-0.2, 0) is 9.59 Å². The Bertz CT molecular complexity index is 988. The summed E-state index contributed by atoms with van der Waals surface area (Å²) in [5.41, 5.74) is 0.752. The van der Waals surface area contributed by atoms with Crippen LogP contribution in [0.25, 0.3) is 6.08 Å². The van der Waals surface area contributed by atoms with Crippen molar-refractivity contribution < 1.29 is 23.6 Å². The summed E-state index contributed by atoms with van der Waals surface area (Å²) in [6.07, 6.45) is 2.99. The number of hydrogen-bond donors (Lipinski definition) is 1. The standard InChI is InChI=1S/C20H18ClN3O5S/c1-23(18(26)15-3-2-10-29-15)12-17(25)22-8-9-24-19(27)16(30-20(24)28)11-13-4-6-14(21)7-5-13/h2-7,10-11H,8-9,12H2,1H3,(H,22,25)/b16-11+. The van der Waals surface area contributed by atoms with Crippen molar-refractivity contribution in [2.24, 2.45) is 0 Å². The van der Waals surface area contributed by atoms with E-state index in [1.165, 1.54) is 24.3 Å². The number of hydrogen-bond acceptors (Lipinski definition) is 6. The quantitative estimate of drug-likeness (QED) is 0.655. The van der Waals surface area contributed by atoms with Gasteiger partial charge in [0.15, 0.2) is 5.76 Å². The summed E-state index contributed by atoms with van der Waals surface area (Å²) in [4.78, 5) is 51.3. The number of halogens is 1. The Balaban J connectivity index is 1.49. The lowest BCUT2D eigenvalue weighted by atomic mass is 10.2. The third-order valence-electron chi connectivity index (χ3n) is 4.16. The van der Waals surface area contributed by atoms with Crippen molar-refractivity contribution in [2.45, 2.75) is 0 Å². The second kappa shape index (κ2) is 9.64. The van der Waals surface area contributed by atoms with Gasteiger partial charge in [-0.2, -0.15) is 0 Å². The molecule has 30 heavy (non-hydrogen) atoms. The number of rotatable bonds is 7. The predicted octanol–water partition coefficient (Wildman–Crippen LogP) is 2.86. The van der Waals surface area contributed by atoms with E-state index in [2.05, 4.69) is 5.32 Å². The number of likely N-dealkylation sites (N-methyl/N-ethyl adjacent to an activating group) is 1. The van der Waals surface area contributed by atoms with Crippen LogP contribution < -0.4 is 5.32 Å². The highest BCUT2D eigenvalue weighted by atomic mass is 35.5. The van der Waals surface area contributed by atoms with Crippen molar-refractivity contribution in [3.05, 3.63) is 63.9 Å². The molecule has 1 aromatic heterocycles. The van der Waals surface area contributed by atoms with E-state index in [0.29, 0.717) is 9.93 Å². The van der Waals surface area contributed by atoms with Gasteiger partial charge in [0.1, 0.15) is 0 Å². The maximum Gasteiger partial charge on any atom is 0.293 e. The van der Waals surface area contributed by atoms with Gasteiger partial charge in [0.05, 0.1) is 17.7 Å². The fraction of sp³-hybridized carbons (Fsp3) is 0.200. The van der Waals surface area contributed by atoms with Crippen molar-refractivity contribution >= 4 is 52.4 Å². The number of furan rings is 1. The topological polar surface area (TPSA) is 99.9 Å². The summed E-state index contributed by atoms with van der Waals surface area (Å²) in [5, 5.41) is 2.77. The van der Waals surface area contributed by atoms with Gasteiger partial charge in [-0.15, -0.1) is 0 Å². The van der Waals surface area contributed by atoms with Crippen molar-refractivity contribution in [3.8, 4) is 0 Å². The molecule has 0 bridgehead atoms. The highest BCUT2D eigenvalue weighted by Gasteiger charge is 2.34. The number of amides is 4. The van der Waals surface area contributed by atoms with E-state index in [0.717, 1.165) is 22.2 Å². The Morgan fingerprint density at radius 1 is 1.23 bits per heavy atom. The molecule has 0 saturated carbocycles. The summed E-state index contributed by atoms with van der Waals surface area (Å²) in [6, 6.07) is 9.97. The fourth-order valence-corrected chi connectivity index (χ4v) is 3.63. The van der Waals surface area contributed by atoms with Gasteiger partial charge in [0.25, 0.3) is 17.1 Å². The number of imide groups is 1. The van der Waals surface area contributed by atoms with Crippen molar-refractivity contribution in [1.82, 2.24) is 15.1 Å². The molecular weight excluding hydrogens is 430 g/mol. The number of nitrogens with one attached hydrogen (secondary N) is 1. The van der Waals surface area contributed by atoms with Crippen LogP contribution >= 0.6 is 23.4 Å². The van der Waals surface area contributed by atoms with Crippen molar-refractivity contribution in [3.63, 3.8) is 0 Å².